The van der Waals surface area contributed by atoms with Crippen LogP contribution in [0.2, 0.25) is 10.6 Å². The minimum Gasteiger partial charge on any atom is -0.305 e. The molecular weight excluding hydrogens is 197 g/mol. The van der Waals surface area contributed by atoms with Gasteiger partial charge in [-0.25, -0.2) is 0 Å². The zero-order valence-corrected chi connectivity index (χ0v) is 11.6. The lowest BCUT2D eigenvalue weighted by atomic mass is 10.2. The van der Waals surface area contributed by atoms with E-state index in [-0.39, 0.29) is 0 Å². The molecule has 0 bridgehead atoms. The Morgan fingerprint density at radius 3 is 2.20 bits per heavy atom. The van der Waals surface area contributed by atoms with E-state index < -0.39 is 14.1 Å². The first-order valence-corrected chi connectivity index (χ1v) is 8.12. The van der Waals surface area contributed by atoms with E-state index in [4.69, 9.17) is 0 Å². The third-order valence-corrected chi connectivity index (χ3v) is 6.38. The largest absolute Gasteiger partial charge is 0.305 e. The second-order valence-electron chi connectivity index (χ2n) is 4.45. The summed E-state index contributed by atoms with van der Waals surface area (Å²) in [6, 6.07) is 9.00. The van der Waals surface area contributed by atoms with E-state index in [2.05, 4.69) is 57.1 Å². The van der Waals surface area contributed by atoms with E-state index in [1.54, 1.807) is 9.99 Å². The summed E-state index contributed by atoms with van der Waals surface area (Å²) in [5.41, 5.74) is 1.54. The van der Waals surface area contributed by atoms with Crippen molar-refractivity contribution < 1.29 is 0 Å². The molecule has 0 amide bonds. The monoisotopic (exact) mass is 219 g/mol. The van der Waals surface area contributed by atoms with Crippen molar-refractivity contribution in [2.75, 3.05) is 14.1 Å². The molecule has 0 saturated carbocycles. The summed E-state index contributed by atoms with van der Waals surface area (Å²) in [6.45, 7) is 5.76. The van der Waals surface area contributed by atoms with Crippen molar-refractivity contribution in [2.45, 2.75) is 31.0 Å². The highest BCUT2D eigenvalue weighted by Gasteiger charge is 2.17. The Bertz CT molecular complexity index is 292. The van der Waals surface area contributed by atoms with E-state index in [9.17, 15) is 0 Å². The van der Waals surface area contributed by atoms with Gasteiger partial charge in [-0.3, -0.25) is 0 Å². The van der Waals surface area contributed by atoms with Crippen LogP contribution in [0.15, 0.2) is 24.3 Å². The van der Waals surface area contributed by atoms with E-state index in [0.717, 1.165) is 6.54 Å². The van der Waals surface area contributed by atoms with Crippen LogP contribution in [0, 0.1) is 0 Å². The Balaban J connectivity index is 2.94. The number of hydrogen-bond acceptors (Lipinski definition) is 1. The maximum Gasteiger partial charge on any atom is 0.305 e. The van der Waals surface area contributed by atoms with Gasteiger partial charge in [0.1, 0.15) is 0 Å². The van der Waals surface area contributed by atoms with Crippen molar-refractivity contribution in [3.8, 4) is 0 Å². The molecule has 0 aliphatic carbocycles. The molecule has 0 radical (unpaired) electrons. The number of nitrogens with zero attached hydrogens (tertiary/aromatic N) is 1. The first kappa shape index (κ1) is 12.8. The Kier molecular flexibility index (Phi) is 5.39. The minimum atomic E-state index is -0.675. The molecule has 1 rings (SSSR count). The highest BCUT2D eigenvalue weighted by atomic mass is 27.2. The van der Waals surface area contributed by atoms with E-state index in [1.165, 1.54) is 10.6 Å². The van der Waals surface area contributed by atoms with Gasteiger partial charge in [0.2, 0.25) is 0 Å². The average molecular weight is 219 g/mol. The second-order valence-corrected chi connectivity index (χ2v) is 8.10. The molecule has 0 unspecified atom stereocenters. The molecule has 0 fully saturated rings. The smallest absolute Gasteiger partial charge is 0.305 e. The predicted molar refractivity (Wildman–Crippen MR) is 70.2 cm³/mol. The highest BCUT2D eigenvalue weighted by Crippen LogP contribution is 2.06. The second kappa shape index (κ2) is 6.33. The fourth-order valence-electron chi connectivity index (χ4n) is 2.15. The Morgan fingerprint density at radius 2 is 1.67 bits per heavy atom. The summed E-state index contributed by atoms with van der Waals surface area (Å²) in [5.74, 6) is 0. The molecule has 82 valence electrons. The number of rotatable bonds is 5. The minimum absolute atomic E-state index is 0.675. The van der Waals surface area contributed by atoms with Crippen LogP contribution in [0.3, 0.4) is 0 Å². The standard InChI is InChI=1S/C9H12N.2C2H5.Al/c1-10(2)8-9-6-4-3-5-7-9;2*1-2;/h3-6H,8H2,1-2H3;2*1H2,2H3;. The molecule has 1 aromatic carbocycles. The fraction of sp³-hybridized carbons (Fsp3) is 0.538. The molecule has 0 aromatic heterocycles. The van der Waals surface area contributed by atoms with Crippen LogP contribution in [0.1, 0.15) is 19.4 Å². The van der Waals surface area contributed by atoms with Crippen molar-refractivity contribution in [2.24, 2.45) is 0 Å². The van der Waals surface area contributed by atoms with Gasteiger partial charge in [-0.05, 0) is 19.7 Å². The Labute approximate surface area is 98.5 Å². The molecule has 0 aliphatic heterocycles. The third-order valence-electron chi connectivity index (χ3n) is 2.97. The summed E-state index contributed by atoms with van der Waals surface area (Å²) in [4.78, 5) is 2.26. The molecule has 0 spiro atoms. The lowest BCUT2D eigenvalue weighted by molar-refractivity contribution is 0.403. The van der Waals surface area contributed by atoms with Gasteiger partial charge in [-0.1, -0.05) is 48.7 Å². The molecule has 0 N–H and O–H groups in total. The lowest BCUT2D eigenvalue weighted by Crippen LogP contribution is -2.33. The van der Waals surface area contributed by atoms with Gasteiger partial charge in [0.05, 0.1) is 0 Å². The van der Waals surface area contributed by atoms with Crippen LogP contribution in [-0.4, -0.2) is 33.1 Å². The van der Waals surface area contributed by atoms with E-state index >= 15 is 0 Å². The van der Waals surface area contributed by atoms with Gasteiger partial charge < -0.3 is 4.90 Å². The summed E-state index contributed by atoms with van der Waals surface area (Å²) in [7, 11) is 4.29. The zero-order valence-electron chi connectivity index (χ0n) is 10.5. The van der Waals surface area contributed by atoms with Crippen LogP contribution in [0.5, 0.6) is 0 Å². The molecule has 0 heterocycles. The van der Waals surface area contributed by atoms with Gasteiger partial charge in [-0.15, -0.1) is 4.43 Å². The van der Waals surface area contributed by atoms with Gasteiger partial charge in [0, 0.05) is 6.54 Å². The van der Waals surface area contributed by atoms with Crippen molar-refractivity contribution in [1.29, 1.82) is 0 Å². The van der Waals surface area contributed by atoms with Crippen molar-refractivity contribution >= 4 is 18.6 Å². The van der Waals surface area contributed by atoms with Crippen LogP contribution < -0.4 is 4.43 Å². The number of hydrogen-bond donors (Lipinski definition) is 0. The summed E-state index contributed by atoms with van der Waals surface area (Å²) in [6.07, 6.45) is 0. The zero-order chi connectivity index (χ0) is 11.3. The Hall–Kier alpha value is -0.288. The molecule has 15 heavy (non-hydrogen) atoms. The van der Waals surface area contributed by atoms with E-state index in [1.807, 2.05) is 0 Å². The summed E-state index contributed by atoms with van der Waals surface area (Å²) >= 11 is -0.675. The average Bonchev–Trinajstić information content (AvgIpc) is 2.21. The normalized spacial score (nSPS) is 10.7. The maximum absolute atomic E-state index is 2.35. The van der Waals surface area contributed by atoms with Gasteiger partial charge in [-0.2, -0.15) is 0 Å². The van der Waals surface area contributed by atoms with Crippen molar-refractivity contribution in [1.82, 2.24) is 4.90 Å². The molecule has 0 saturated heterocycles. The summed E-state index contributed by atoms with van der Waals surface area (Å²) < 4.78 is 1.68. The third kappa shape index (κ3) is 3.65. The Morgan fingerprint density at radius 1 is 1.07 bits per heavy atom. The first-order chi connectivity index (χ1) is 7.19. The van der Waals surface area contributed by atoms with Crippen LogP contribution in [-0.2, 0) is 6.54 Å². The number of benzene rings is 1. The molecule has 1 aromatic rings. The van der Waals surface area contributed by atoms with Crippen LogP contribution in [0.4, 0.5) is 0 Å². The quantitative estimate of drug-likeness (QED) is 0.688. The topological polar surface area (TPSA) is 3.24 Å². The SMILES string of the molecule is C[CH2][Al]([CH2]C)[c]1ccccc1CN(C)C. The molecule has 1 nitrogen and oxygen atoms in total. The maximum atomic E-state index is 2.35. The lowest BCUT2D eigenvalue weighted by Gasteiger charge is -2.17. The van der Waals surface area contributed by atoms with Crippen molar-refractivity contribution in [3.63, 3.8) is 0 Å². The van der Waals surface area contributed by atoms with Crippen LogP contribution >= 0.6 is 0 Å². The fourth-order valence-corrected chi connectivity index (χ4v) is 4.70. The van der Waals surface area contributed by atoms with Gasteiger partial charge in [0.25, 0.3) is 0 Å². The molecule has 2 heteroatoms. The van der Waals surface area contributed by atoms with E-state index in [0.29, 0.717) is 0 Å². The first-order valence-electron chi connectivity index (χ1n) is 5.91. The summed E-state index contributed by atoms with van der Waals surface area (Å²) in [5, 5.41) is 2.75. The molecule has 0 aliphatic rings. The van der Waals surface area contributed by atoms with Gasteiger partial charge >= 0.3 is 14.1 Å². The highest BCUT2D eigenvalue weighted by molar-refractivity contribution is 6.73. The van der Waals surface area contributed by atoms with Gasteiger partial charge in [0.15, 0.2) is 0 Å². The van der Waals surface area contributed by atoms with Crippen LogP contribution in [0.25, 0.3) is 0 Å². The molecule has 0 atom stereocenters. The predicted octanol–water partition coefficient (Wildman–Crippen LogP) is 2.49. The molecular formula is C13H22AlN. The van der Waals surface area contributed by atoms with Crippen molar-refractivity contribution in [3.05, 3.63) is 29.8 Å².